The molecule has 1 aromatic carbocycles. The number of rotatable bonds is 5. The van der Waals surface area contributed by atoms with Gasteiger partial charge in [-0.05, 0) is 32.2 Å². The number of carbonyl (C=O) groups excluding carboxylic acids is 1. The van der Waals surface area contributed by atoms with Crippen molar-refractivity contribution in [1.29, 1.82) is 0 Å². The van der Waals surface area contributed by atoms with E-state index in [0.717, 1.165) is 5.69 Å². The molecule has 2 rings (SSSR count). The van der Waals surface area contributed by atoms with Gasteiger partial charge in [0, 0.05) is 17.0 Å². The van der Waals surface area contributed by atoms with Crippen LogP contribution in [-0.2, 0) is 0 Å². The predicted octanol–water partition coefficient (Wildman–Crippen LogP) is 2.82. The van der Waals surface area contributed by atoms with Gasteiger partial charge in [-0.15, -0.1) is 11.3 Å². The SMILES string of the molecule is CNC(C)c1csc(NC(=O)c2ccc(F)c(OC)c2)n1. The highest BCUT2D eigenvalue weighted by Crippen LogP contribution is 2.22. The Bertz CT molecular complexity index is 645. The van der Waals surface area contributed by atoms with Crippen LogP contribution in [-0.4, -0.2) is 25.0 Å². The zero-order valence-electron chi connectivity index (χ0n) is 11.9. The first-order chi connectivity index (χ1) is 10.0. The van der Waals surface area contributed by atoms with Crippen LogP contribution < -0.4 is 15.4 Å². The van der Waals surface area contributed by atoms with E-state index in [2.05, 4.69) is 15.6 Å². The number of nitrogens with one attached hydrogen (secondary N) is 2. The lowest BCUT2D eigenvalue weighted by Gasteiger charge is -2.06. The minimum absolute atomic E-state index is 0.0336. The monoisotopic (exact) mass is 309 g/mol. The summed E-state index contributed by atoms with van der Waals surface area (Å²) in [5, 5.41) is 8.14. The second-order valence-electron chi connectivity index (χ2n) is 4.39. The Morgan fingerprint density at radius 2 is 2.24 bits per heavy atom. The maximum atomic E-state index is 13.3. The lowest BCUT2D eigenvalue weighted by atomic mass is 10.2. The molecular formula is C14H16FN3O2S. The van der Waals surface area contributed by atoms with Crippen molar-refractivity contribution in [1.82, 2.24) is 10.3 Å². The molecule has 0 saturated carbocycles. The summed E-state index contributed by atoms with van der Waals surface area (Å²) in [7, 11) is 3.19. The van der Waals surface area contributed by atoms with Gasteiger partial charge in [-0.2, -0.15) is 0 Å². The molecule has 0 aliphatic rings. The standard InChI is InChI=1S/C14H16FN3O2S/c1-8(16-2)11-7-21-14(17-11)18-13(19)9-4-5-10(15)12(6-9)20-3/h4-8,16H,1-3H3,(H,17,18,19). The van der Waals surface area contributed by atoms with Crippen LogP contribution in [0.5, 0.6) is 5.75 Å². The molecule has 112 valence electrons. The topological polar surface area (TPSA) is 63.2 Å². The van der Waals surface area contributed by atoms with Crippen molar-refractivity contribution >= 4 is 22.4 Å². The molecule has 7 heteroatoms. The third-order valence-electron chi connectivity index (χ3n) is 3.03. The van der Waals surface area contributed by atoms with Gasteiger partial charge in [0.1, 0.15) is 0 Å². The predicted molar refractivity (Wildman–Crippen MR) is 80.5 cm³/mol. The fourth-order valence-corrected chi connectivity index (χ4v) is 2.46. The van der Waals surface area contributed by atoms with Gasteiger partial charge in [0.15, 0.2) is 16.7 Å². The number of nitrogens with zero attached hydrogens (tertiary/aromatic N) is 1. The number of hydrogen-bond donors (Lipinski definition) is 2. The number of benzene rings is 1. The molecule has 2 aromatic rings. The van der Waals surface area contributed by atoms with E-state index in [1.807, 2.05) is 19.4 Å². The molecule has 0 saturated heterocycles. The largest absolute Gasteiger partial charge is 0.494 e. The van der Waals surface area contributed by atoms with Crippen molar-refractivity contribution in [3.63, 3.8) is 0 Å². The van der Waals surface area contributed by atoms with E-state index in [-0.39, 0.29) is 17.7 Å². The number of thiazole rings is 1. The number of amides is 1. The van der Waals surface area contributed by atoms with Gasteiger partial charge >= 0.3 is 0 Å². The number of carbonyl (C=O) groups is 1. The fraction of sp³-hybridized carbons (Fsp3) is 0.286. The fourth-order valence-electron chi connectivity index (χ4n) is 1.66. The summed E-state index contributed by atoms with van der Waals surface area (Å²) in [5.74, 6) is -0.828. The Morgan fingerprint density at radius 1 is 1.48 bits per heavy atom. The minimum atomic E-state index is -0.506. The average Bonchev–Trinajstić information content (AvgIpc) is 2.95. The van der Waals surface area contributed by atoms with Crippen molar-refractivity contribution < 1.29 is 13.9 Å². The Kier molecular flexibility index (Phi) is 4.87. The van der Waals surface area contributed by atoms with Crippen LogP contribution in [0.1, 0.15) is 29.0 Å². The second kappa shape index (κ2) is 6.64. The van der Waals surface area contributed by atoms with Gasteiger partial charge in [0.2, 0.25) is 0 Å². The summed E-state index contributed by atoms with van der Waals surface area (Å²) < 4.78 is 18.2. The van der Waals surface area contributed by atoms with Crippen molar-refractivity contribution in [3.8, 4) is 5.75 Å². The zero-order chi connectivity index (χ0) is 15.4. The van der Waals surface area contributed by atoms with Crippen molar-refractivity contribution in [2.45, 2.75) is 13.0 Å². The molecule has 1 unspecified atom stereocenters. The molecule has 0 fully saturated rings. The third kappa shape index (κ3) is 3.56. The van der Waals surface area contributed by atoms with E-state index in [0.29, 0.717) is 10.7 Å². The number of halogens is 1. The summed E-state index contributed by atoms with van der Waals surface area (Å²) in [5.41, 5.74) is 1.17. The molecule has 5 nitrogen and oxygen atoms in total. The van der Waals surface area contributed by atoms with Crippen LogP contribution in [0.15, 0.2) is 23.6 Å². The summed E-state index contributed by atoms with van der Waals surface area (Å²) in [6, 6.07) is 4.06. The summed E-state index contributed by atoms with van der Waals surface area (Å²) in [6.45, 7) is 1.98. The Morgan fingerprint density at radius 3 is 2.90 bits per heavy atom. The summed E-state index contributed by atoms with van der Waals surface area (Å²) >= 11 is 1.34. The van der Waals surface area contributed by atoms with Gasteiger partial charge in [0.25, 0.3) is 5.91 Å². The van der Waals surface area contributed by atoms with E-state index in [1.54, 1.807) is 0 Å². The lowest BCUT2D eigenvalue weighted by molar-refractivity contribution is 0.102. The molecule has 0 aliphatic carbocycles. The Labute approximate surface area is 126 Å². The number of hydrogen-bond acceptors (Lipinski definition) is 5. The summed E-state index contributed by atoms with van der Waals surface area (Å²) in [6.07, 6.45) is 0. The van der Waals surface area contributed by atoms with Crippen molar-refractivity contribution in [2.24, 2.45) is 0 Å². The number of anilines is 1. The van der Waals surface area contributed by atoms with E-state index in [1.165, 1.54) is 36.6 Å². The molecule has 0 bridgehead atoms. The van der Waals surface area contributed by atoms with Gasteiger partial charge in [0.05, 0.1) is 12.8 Å². The first-order valence-corrected chi connectivity index (χ1v) is 7.20. The lowest BCUT2D eigenvalue weighted by Crippen LogP contribution is -2.14. The average molecular weight is 309 g/mol. The first-order valence-electron chi connectivity index (χ1n) is 6.32. The van der Waals surface area contributed by atoms with E-state index < -0.39 is 5.82 Å². The highest BCUT2D eigenvalue weighted by atomic mass is 32.1. The minimum Gasteiger partial charge on any atom is -0.494 e. The molecule has 0 radical (unpaired) electrons. The molecule has 2 N–H and O–H groups in total. The molecule has 1 aromatic heterocycles. The van der Waals surface area contributed by atoms with Gasteiger partial charge in [-0.25, -0.2) is 9.37 Å². The molecule has 1 amide bonds. The van der Waals surface area contributed by atoms with Crippen LogP contribution in [0.2, 0.25) is 0 Å². The molecule has 1 heterocycles. The van der Waals surface area contributed by atoms with Gasteiger partial charge < -0.3 is 10.1 Å². The van der Waals surface area contributed by atoms with Crippen LogP contribution in [0.4, 0.5) is 9.52 Å². The molecule has 21 heavy (non-hydrogen) atoms. The van der Waals surface area contributed by atoms with E-state index in [9.17, 15) is 9.18 Å². The summed E-state index contributed by atoms with van der Waals surface area (Å²) in [4.78, 5) is 16.4. The maximum absolute atomic E-state index is 13.3. The van der Waals surface area contributed by atoms with Gasteiger partial charge in [-0.3, -0.25) is 10.1 Å². The van der Waals surface area contributed by atoms with Crippen LogP contribution >= 0.6 is 11.3 Å². The highest BCUT2D eigenvalue weighted by Gasteiger charge is 2.13. The van der Waals surface area contributed by atoms with Crippen LogP contribution in [0.25, 0.3) is 0 Å². The second-order valence-corrected chi connectivity index (χ2v) is 5.25. The van der Waals surface area contributed by atoms with Gasteiger partial charge in [-0.1, -0.05) is 0 Å². The van der Waals surface area contributed by atoms with Crippen molar-refractivity contribution in [3.05, 3.63) is 40.7 Å². The first kappa shape index (κ1) is 15.4. The zero-order valence-corrected chi connectivity index (χ0v) is 12.8. The highest BCUT2D eigenvalue weighted by molar-refractivity contribution is 7.14. The smallest absolute Gasteiger partial charge is 0.257 e. The molecular weight excluding hydrogens is 293 g/mol. The Hall–Kier alpha value is -1.99. The maximum Gasteiger partial charge on any atom is 0.257 e. The Balaban J connectivity index is 2.12. The van der Waals surface area contributed by atoms with Crippen LogP contribution in [0.3, 0.4) is 0 Å². The van der Waals surface area contributed by atoms with E-state index in [4.69, 9.17) is 4.74 Å². The van der Waals surface area contributed by atoms with Crippen LogP contribution in [0, 0.1) is 5.82 Å². The molecule has 1 atom stereocenters. The number of aromatic nitrogens is 1. The quantitative estimate of drug-likeness (QED) is 0.891. The number of ether oxygens (including phenoxy) is 1. The molecule has 0 aliphatic heterocycles. The number of methoxy groups -OCH3 is 1. The third-order valence-corrected chi connectivity index (χ3v) is 3.81. The normalized spacial score (nSPS) is 12.0. The van der Waals surface area contributed by atoms with E-state index >= 15 is 0 Å². The van der Waals surface area contributed by atoms with Crippen molar-refractivity contribution in [2.75, 3.05) is 19.5 Å². The molecule has 0 spiro atoms.